The van der Waals surface area contributed by atoms with Gasteiger partial charge in [0, 0.05) is 5.92 Å². The van der Waals surface area contributed by atoms with Crippen LogP contribution in [0.5, 0.6) is 11.5 Å². The molecule has 0 unspecified atom stereocenters. The van der Waals surface area contributed by atoms with Gasteiger partial charge in [-0.15, -0.1) is 0 Å². The van der Waals surface area contributed by atoms with Gasteiger partial charge in [-0.2, -0.15) is 5.26 Å². The number of benzene rings is 2. The van der Waals surface area contributed by atoms with Gasteiger partial charge in [-0.1, -0.05) is 50.2 Å². The monoisotopic (exact) mass is 401 g/mol. The Bertz CT molecular complexity index is 824. The predicted octanol–water partition coefficient (Wildman–Crippen LogP) is 5.57. The summed E-state index contributed by atoms with van der Waals surface area (Å²) in [6, 6.07) is 19.5. The fourth-order valence-corrected chi connectivity index (χ4v) is 4.54. The summed E-state index contributed by atoms with van der Waals surface area (Å²) in [5.74, 6) is 0.562. The van der Waals surface area contributed by atoms with Crippen LogP contribution in [0, 0.1) is 22.7 Å². The third-order valence-corrected chi connectivity index (χ3v) is 6.40. The first-order valence-corrected chi connectivity index (χ1v) is 10.7. The maximum absolute atomic E-state index is 13.6. The predicted molar refractivity (Wildman–Crippen MR) is 105 cm³/mol. The van der Waals surface area contributed by atoms with Crippen LogP contribution in [0.3, 0.4) is 0 Å². The molecular weight excluding hydrogens is 377 g/mol. The molecule has 0 saturated carbocycles. The maximum atomic E-state index is 13.6. The lowest BCUT2D eigenvalue weighted by Crippen LogP contribution is -2.33. The van der Waals surface area contributed by atoms with E-state index in [-0.39, 0.29) is 12.0 Å². The minimum absolute atomic E-state index is 0.102. The number of ether oxygens (including phenoxy) is 1. The lowest BCUT2D eigenvalue weighted by Gasteiger charge is -2.28. The van der Waals surface area contributed by atoms with Crippen molar-refractivity contribution in [2.24, 2.45) is 11.3 Å². The van der Waals surface area contributed by atoms with Crippen molar-refractivity contribution in [3.05, 3.63) is 60.7 Å². The fraction of sp³-hybridized carbons (Fsp3) is 0.381. The molecule has 0 bridgehead atoms. The molecule has 0 aliphatic carbocycles. The molecule has 28 heavy (non-hydrogen) atoms. The van der Waals surface area contributed by atoms with E-state index < -0.39 is 19.5 Å². The summed E-state index contributed by atoms with van der Waals surface area (Å²) < 4.78 is 36.5. The van der Waals surface area contributed by atoms with Gasteiger partial charge in [0.25, 0.3) is 0 Å². The molecule has 1 aliphatic rings. The average Bonchev–Trinajstić information content (AvgIpc) is 2.94. The Morgan fingerprint density at radius 2 is 1.57 bits per heavy atom. The molecule has 148 valence electrons. The molecule has 0 amide bonds. The smallest absolute Gasteiger partial charge is 0.395 e. The number of para-hydroxylation sites is 2. The van der Waals surface area contributed by atoms with Crippen molar-refractivity contribution in [1.82, 2.24) is 0 Å². The molecule has 0 radical (unpaired) electrons. The summed E-state index contributed by atoms with van der Waals surface area (Å²) in [7, 11) is -4.15. The number of phosphoric ester groups is 1. The van der Waals surface area contributed by atoms with E-state index in [1.807, 2.05) is 26.0 Å². The highest BCUT2D eigenvalue weighted by Crippen LogP contribution is 2.56. The van der Waals surface area contributed by atoms with Crippen LogP contribution in [0.4, 0.5) is 0 Å². The number of nitrogens with zero attached hydrogens (tertiary/aromatic N) is 1. The number of nitriles is 1. The van der Waals surface area contributed by atoms with Gasteiger partial charge < -0.3 is 13.8 Å². The van der Waals surface area contributed by atoms with Gasteiger partial charge in [0.1, 0.15) is 16.9 Å². The minimum atomic E-state index is -4.15. The van der Waals surface area contributed by atoms with Crippen molar-refractivity contribution >= 4 is 7.82 Å². The van der Waals surface area contributed by atoms with E-state index in [0.29, 0.717) is 17.9 Å². The van der Waals surface area contributed by atoms with Crippen molar-refractivity contribution < 1.29 is 22.9 Å². The Labute approximate surface area is 165 Å². The summed E-state index contributed by atoms with van der Waals surface area (Å²) in [5, 5.41) is 9.77. The van der Waals surface area contributed by atoms with Crippen molar-refractivity contribution in [3.63, 3.8) is 0 Å². The van der Waals surface area contributed by atoms with Crippen LogP contribution in [0.1, 0.15) is 27.2 Å². The molecule has 3 rings (SSSR count). The van der Waals surface area contributed by atoms with Crippen molar-refractivity contribution in [3.8, 4) is 17.6 Å². The highest BCUT2D eigenvalue weighted by molar-refractivity contribution is 7.49. The van der Waals surface area contributed by atoms with E-state index in [1.54, 1.807) is 55.5 Å². The zero-order chi connectivity index (χ0) is 20.2. The van der Waals surface area contributed by atoms with Gasteiger partial charge in [-0.25, -0.2) is 9.09 Å². The number of phosphoric acid groups is 1. The van der Waals surface area contributed by atoms with E-state index in [0.717, 1.165) is 0 Å². The standard InChI is InChI=1S/C21H24NO5P/c1-4-19-16(2)21(3,15-22)20(24-19)27-28(23,25-17-11-7-5-8-12-17)26-18-13-9-6-10-14-18/h5-14,16,19-20H,4H2,1-3H3/t16-,19-,20+,21-/m1/s1. The molecule has 2 aromatic rings. The second kappa shape index (κ2) is 8.36. The molecule has 0 aromatic heterocycles. The van der Waals surface area contributed by atoms with Gasteiger partial charge in [0.15, 0.2) is 6.29 Å². The zero-order valence-electron chi connectivity index (χ0n) is 16.1. The average molecular weight is 401 g/mol. The third-order valence-electron chi connectivity index (χ3n) is 5.08. The molecule has 1 aliphatic heterocycles. The molecule has 7 heteroatoms. The Balaban J connectivity index is 1.90. The number of hydrogen-bond donors (Lipinski definition) is 0. The Kier molecular flexibility index (Phi) is 6.10. The fourth-order valence-electron chi connectivity index (χ4n) is 3.16. The van der Waals surface area contributed by atoms with Crippen molar-refractivity contribution in [1.29, 1.82) is 5.26 Å². The van der Waals surface area contributed by atoms with Crippen LogP contribution in [-0.2, 0) is 13.8 Å². The molecule has 1 saturated heterocycles. The second-order valence-corrected chi connectivity index (χ2v) is 8.43. The van der Waals surface area contributed by atoms with Gasteiger partial charge >= 0.3 is 7.82 Å². The first-order valence-electron chi connectivity index (χ1n) is 9.24. The summed E-state index contributed by atoms with van der Waals surface area (Å²) in [5.41, 5.74) is -0.990. The maximum Gasteiger partial charge on any atom is 0.589 e. The number of hydrogen-bond acceptors (Lipinski definition) is 6. The van der Waals surface area contributed by atoms with Crippen LogP contribution in [-0.4, -0.2) is 12.4 Å². The summed E-state index contributed by atoms with van der Waals surface area (Å²) in [6.07, 6.45) is -0.519. The molecular formula is C21H24NO5P. The van der Waals surface area contributed by atoms with E-state index in [2.05, 4.69) is 6.07 Å². The van der Waals surface area contributed by atoms with Gasteiger partial charge in [-0.3, -0.25) is 0 Å². The normalized spacial score (nSPS) is 27.1. The largest absolute Gasteiger partial charge is 0.589 e. The third kappa shape index (κ3) is 4.23. The summed E-state index contributed by atoms with van der Waals surface area (Å²) in [4.78, 5) is 0. The summed E-state index contributed by atoms with van der Waals surface area (Å²) in [6.45, 7) is 5.65. The van der Waals surface area contributed by atoms with Gasteiger partial charge in [0.05, 0.1) is 12.2 Å². The Hall–Kier alpha value is -2.32. The molecule has 0 N–H and O–H groups in total. The van der Waals surface area contributed by atoms with Gasteiger partial charge in [-0.05, 0) is 37.6 Å². The molecule has 6 nitrogen and oxygen atoms in total. The number of rotatable bonds is 7. The van der Waals surface area contributed by atoms with E-state index in [4.69, 9.17) is 18.3 Å². The van der Waals surface area contributed by atoms with Crippen LogP contribution in [0.15, 0.2) is 60.7 Å². The topological polar surface area (TPSA) is 77.8 Å². The van der Waals surface area contributed by atoms with Gasteiger partial charge in [0.2, 0.25) is 0 Å². The van der Waals surface area contributed by atoms with Crippen molar-refractivity contribution in [2.45, 2.75) is 39.6 Å². The second-order valence-electron chi connectivity index (χ2n) is 6.96. The summed E-state index contributed by atoms with van der Waals surface area (Å²) >= 11 is 0. The van der Waals surface area contributed by atoms with Crippen molar-refractivity contribution in [2.75, 3.05) is 0 Å². The molecule has 1 heterocycles. The van der Waals surface area contributed by atoms with E-state index in [1.165, 1.54) is 0 Å². The lowest BCUT2D eigenvalue weighted by molar-refractivity contribution is -0.110. The highest BCUT2D eigenvalue weighted by Gasteiger charge is 2.55. The quantitative estimate of drug-likeness (QED) is 0.565. The van der Waals surface area contributed by atoms with Crippen LogP contribution < -0.4 is 9.05 Å². The van der Waals surface area contributed by atoms with Crippen LogP contribution >= 0.6 is 7.82 Å². The SMILES string of the molecule is CC[C@H]1O[C@@H](OP(=O)(Oc2ccccc2)Oc2ccccc2)[C@](C)(C#N)[C@@H]1C. The minimum Gasteiger partial charge on any atom is -0.395 e. The zero-order valence-corrected chi connectivity index (χ0v) is 17.0. The molecule has 0 spiro atoms. The lowest BCUT2D eigenvalue weighted by atomic mass is 9.78. The first-order chi connectivity index (χ1) is 13.4. The van der Waals surface area contributed by atoms with Crippen LogP contribution in [0.25, 0.3) is 0 Å². The Morgan fingerprint density at radius 3 is 2.00 bits per heavy atom. The van der Waals surface area contributed by atoms with E-state index >= 15 is 0 Å². The Morgan fingerprint density at radius 1 is 1.07 bits per heavy atom. The van der Waals surface area contributed by atoms with Crippen LogP contribution in [0.2, 0.25) is 0 Å². The molecule has 1 fully saturated rings. The highest BCUT2D eigenvalue weighted by atomic mass is 31.2. The molecule has 2 aromatic carbocycles. The molecule has 4 atom stereocenters. The van der Waals surface area contributed by atoms with E-state index in [9.17, 15) is 9.83 Å². The first kappa shape index (κ1) is 20.4.